The lowest BCUT2D eigenvalue weighted by atomic mass is 10.0. The number of phosphoric acid groups is 1. The number of phosphoric ester groups is 1. The van der Waals surface area contributed by atoms with Crippen LogP contribution in [0.5, 0.6) is 0 Å². The molecule has 0 aromatic heterocycles. The van der Waals surface area contributed by atoms with Crippen LogP contribution in [0.4, 0.5) is 0 Å². The van der Waals surface area contributed by atoms with Crippen LogP contribution in [0.15, 0.2) is 60.8 Å². The Bertz CT molecular complexity index is 986. The second-order valence-electron chi connectivity index (χ2n) is 13.9. The molecule has 0 aromatic rings. The first-order valence-corrected chi connectivity index (χ1v) is 20.6. The second kappa shape index (κ2) is 32.1. The zero-order chi connectivity index (χ0) is 36.5. The average Bonchev–Trinajstić information content (AvgIpc) is 3.04. The standard InChI is InChI=1S/C40H73N2O6P/c1-6-8-10-12-14-16-17-18-19-20-21-22-23-24-25-26-28-30-32-34-40(44)41-38(37-48-49(45,46)47-36-35-42(3,4)5)39(43)33-31-29-27-15-13-11-9-7-2/h8,10,14,16,18-19,21-22,24-25,38-39,43H,6-7,9,11-13,15,17,20,23,26-37H2,1-5H3,(H-,41,44,45,46)/p+1/b10-8-,16-14-,19-18-,22-21-,25-24-. The third-order valence-electron chi connectivity index (χ3n) is 8.03. The normalized spacial score (nSPS) is 15.3. The van der Waals surface area contributed by atoms with Crippen LogP contribution in [0.3, 0.4) is 0 Å². The van der Waals surface area contributed by atoms with Crippen molar-refractivity contribution in [2.24, 2.45) is 0 Å². The predicted octanol–water partition coefficient (Wildman–Crippen LogP) is 9.90. The molecule has 3 unspecified atom stereocenters. The van der Waals surface area contributed by atoms with Crippen LogP contribution in [0, 0.1) is 0 Å². The van der Waals surface area contributed by atoms with E-state index < -0.39 is 20.0 Å². The smallest absolute Gasteiger partial charge is 0.391 e. The predicted molar refractivity (Wildman–Crippen MR) is 207 cm³/mol. The Hall–Kier alpha value is -1.80. The van der Waals surface area contributed by atoms with Gasteiger partial charge in [0.2, 0.25) is 5.91 Å². The number of rotatable bonds is 33. The average molecular weight is 710 g/mol. The molecular formula is C40H74N2O6P+. The number of allylic oxidation sites excluding steroid dienone is 10. The van der Waals surface area contributed by atoms with Gasteiger partial charge in [-0.3, -0.25) is 13.8 Å². The highest BCUT2D eigenvalue weighted by atomic mass is 31.2. The van der Waals surface area contributed by atoms with E-state index in [-0.39, 0.29) is 19.1 Å². The Balaban J connectivity index is 4.46. The van der Waals surface area contributed by atoms with E-state index in [0.717, 1.165) is 77.0 Å². The van der Waals surface area contributed by atoms with Crippen LogP contribution >= 0.6 is 7.82 Å². The summed E-state index contributed by atoms with van der Waals surface area (Å²) in [7, 11) is 1.58. The van der Waals surface area contributed by atoms with E-state index in [1.165, 1.54) is 32.1 Å². The Kier molecular flexibility index (Phi) is 31.0. The van der Waals surface area contributed by atoms with E-state index in [9.17, 15) is 19.4 Å². The van der Waals surface area contributed by atoms with E-state index in [1.807, 2.05) is 21.1 Å². The van der Waals surface area contributed by atoms with Crippen molar-refractivity contribution >= 4 is 13.7 Å². The molecule has 0 aliphatic rings. The molecular weight excluding hydrogens is 635 g/mol. The molecule has 0 spiro atoms. The number of aliphatic hydroxyl groups excluding tert-OH is 1. The van der Waals surface area contributed by atoms with Gasteiger partial charge >= 0.3 is 7.82 Å². The van der Waals surface area contributed by atoms with E-state index in [1.54, 1.807) is 0 Å². The molecule has 9 heteroatoms. The third-order valence-corrected chi connectivity index (χ3v) is 9.01. The Morgan fingerprint density at radius 3 is 1.78 bits per heavy atom. The summed E-state index contributed by atoms with van der Waals surface area (Å²) in [6, 6.07) is -0.777. The van der Waals surface area contributed by atoms with E-state index >= 15 is 0 Å². The lowest BCUT2D eigenvalue weighted by Gasteiger charge is -2.26. The van der Waals surface area contributed by atoms with Crippen LogP contribution in [-0.2, 0) is 18.4 Å². The van der Waals surface area contributed by atoms with Crippen molar-refractivity contribution in [2.75, 3.05) is 40.9 Å². The number of quaternary nitrogens is 1. The number of carbonyl (C=O) groups excluding carboxylic acids is 1. The summed E-state index contributed by atoms with van der Waals surface area (Å²) in [5.41, 5.74) is 0. The molecule has 1 amide bonds. The Morgan fingerprint density at radius 1 is 0.714 bits per heavy atom. The largest absolute Gasteiger partial charge is 0.472 e. The lowest BCUT2D eigenvalue weighted by molar-refractivity contribution is -0.870. The molecule has 0 bridgehead atoms. The quantitative estimate of drug-likeness (QED) is 0.0271. The number of hydrogen-bond acceptors (Lipinski definition) is 5. The fourth-order valence-corrected chi connectivity index (χ4v) is 5.69. The summed E-state index contributed by atoms with van der Waals surface area (Å²) in [6.45, 7) is 4.67. The maximum atomic E-state index is 12.8. The lowest BCUT2D eigenvalue weighted by Crippen LogP contribution is -2.46. The molecule has 0 rings (SSSR count). The number of carbonyl (C=O) groups is 1. The molecule has 49 heavy (non-hydrogen) atoms. The first kappa shape index (κ1) is 47.2. The van der Waals surface area contributed by atoms with Gasteiger partial charge in [-0.05, 0) is 57.8 Å². The monoisotopic (exact) mass is 710 g/mol. The van der Waals surface area contributed by atoms with E-state index in [2.05, 4.69) is 79.9 Å². The van der Waals surface area contributed by atoms with Crippen molar-refractivity contribution in [1.29, 1.82) is 0 Å². The van der Waals surface area contributed by atoms with Crippen LogP contribution in [-0.4, -0.2) is 73.4 Å². The van der Waals surface area contributed by atoms with Gasteiger partial charge in [-0.2, -0.15) is 0 Å². The molecule has 0 saturated heterocycles. The minimum absolute atomic E-state index is 0.0642. The molecule has 284 valence electrons. The van der Waals surface area contributed by atoms with Crippen molar-refractivity contribution in [2.45, 2.75) is 148 Å². The molecule has 0 fully saturated rings. The zero-order valence-corrected chi connectivity index (χ0v) is 32.8. The van der Waals surface area contributed by atoms with E-state index in [0.29, 0.717) is 23.9 Å². The summed E-state index contributed by atoms with van der Waals surface area (Å²) in [5.74, 6) is -0.183. The van der Waals surface area contributed by atoms with Gasteiger partial charge in [0.1, 0.15) is 13.2 Å². The highest BCUT2D eigenvalue weighted by Gasteiger charge is 2.28. The zero-order valence-electron chi connectivity index (χ0n) is 31.9. The van der Waals surface area contributed by atoms with Gasteiger partial charge in [-0.1, -0.05) is 132 Å². The first-order chi connectivity index (χ1) is 23.5. The van der Waals surface area contributed by atoms with Crippen molar-refractivity contribution in [3.05, 3.63) is 60.8 Å². The van der Waals surface area contributed by atoms with Crippen LogP contribution in [0.25, 0.3) is 0 Å². The van der Waals surface area contributed by atoms with Gasteiger partial charge in [0.05, 0.1) is 39.9 Å². The van der Waals surface area contributed by atoms with Crippen LogP contribution < -0.4 is 5.32 Å². The number of likely N-dealkylation sites (N-methyl/N-ethyl adjacent to an activating group) is 1. The highest BCUT2D eigenvalue weighted by molar-refractivity contribution is 7.47. The van der Waals surface area contributed by atoms with E-state index in [4.69, 9.17) is 9.05 Å². The van der Waals surface area contributed by atoms with Gasteiger partial charge in [0, 0.05) is 6.42 Å². The van der Waals surface area contributed by atoms with Crippen molar-refractivity contribution in [3.63, 3.8) is 0 Å². The van der Waals surface area contributed by atoms with Gasteiger partial charge in [-0.25, -0.2) is 4.57 Å². The minimum atomic E-state index is -4.31. The Morgan fingerprint density at radius 2 is 1.22 bits per heavy atom. The van der Waals surface area contributed by atoms with Crippen molar-refractivity contribution in [3.8, 4) is 0 Å². The summed E-state index contributed by atoms with van der Waals surface area (Å²) < 4.78 is 23.4. The molecule has 0 heterocycles. The number of amides is 1. The summed E-state index contributed by atoms with van der Waals surface area (Å²) >= 11 is 0. The highest BCUT2D eigenvalue weighted by Crippen LogP contribution is 2.43. The number of hydrogen-bond donors (Lipinski definition) is 3. The molecule has 0 aliphatic heterocycles. The molecule has 3 atom stereocenters. The van der Waals surface area contributed by atoms with Crippen LogP contribution in [0.2, 0.25) is 0 Å². The van der Waals surface area contributed by atoms with Gasteiger partial charge in [0.25, 0.3) is 0 Å². The molecule has 8 nitrogen and oxygen atoms in total. The maximum Gasteiger partial charge on any atom is 0.472 e. The fourth-order valence-electron chi connectivity index (χ4n) is 4.95. The minimum Gasteiger partial charge on any atom is -0.391 e. The number of nitrogens with zero attached hydrogens (tertiary/aromatic N) is 1. The molecule has 3 N–H and O–H groups in total. The topological polar surface area (TPSA) is 105 Å². The second-order valence-corrected chi connectivity index (χ2v) is 15.4. The fraction of sp³-hybridized carbons (Fsp3) is 0.725. The number of unbranched alkanes of at least 4 members (excludes halogenated alkanes) is 10. The number of nitrogens with one attached hydrogen (secondary N) is 1. The van der Waals surface area contributed by atoms with Crippen molar-refractivity contribution in [1.82, 2.24) is 5.32 Å². The van der Waals surface area contributed by atoms with Gasteiger partial charge in [-0.15, -0.1) is 0 Å². The summed E-state index contributed by atoms with van der Waals surface area (Å²) in [5, 5.41) is 13.8. The molecule has 0 aromatic carbocycles. The van der Waals surface area contributed by atoms with Crippen molar-refractivity contribution < 1.29 is 32.9 Å². The molecule has 0 radical (unpaired) electrons. The van der Waals surface area contributed by atoms with Gasteiger partial charge < -0.3 is 19.8 Å². The summed E-state index contributed by atoms with van der Waals surface area (Å²) in [4.78, 5) is 23.0. The Labute approximate surface area is 301 Å². The summed E-state index contributed by atoms with van der Waals surface area (Å²) in [6.07, 6.45) is 39.7. The van der Waals surface area contributed by atoms with Gasteiger partial charge in [0.15, 0.2) is 0 Å². The van der Waals surface area contributed by atoms with Crippen LogP contribution in [0.1, 0.15) is 136 Å². The third kappa shape index (κ3) is 34.4. The molecule has 0 aliphatic carbocycles. The maximum absolute atomic E-state index is 12.8. The molecule has 0 saturated carbocycles. The SMILES string of the molecule is CC/C=C\C/C=C\C/C=C\C/C=C\C/C=C\CCCCCC(=O)NC(COP(=O)(O)OCC[N+](C)(C)C)C(O)CCCCCCCCCC. The number of aliphatic hydroxyl groups is 1. The first-order valence-electron chi connectivity index (χ1n) is 19.2.